The molecule has 0 bridgehead atoms. The average molecular weight is 331 g/mol. The maximum atomic E-state index is 11.5. The van der Waals surface area contributed by atoms with Crippen molar-refractivity contribution in [2.24, 2.45) is 0 Å². The molecule has 2 aromatic carbocycles. The summed E-state index contributed by atoms with van der Waals surface area (Å²) in [7, 11) is 1.62. The second kappa shape index (κ2) is 6.34. The van der Waals surface area contributed by atoms with Gasteiger partial charge in [-0.05, 0) is 36.2 Å². The summed E-state index contributed by atoms with van der Waals surface area (Å²) >= 11 is 6.26. The fourth-order valence-corrected chi connectivity index (χ4v) is 2.53. The predicted molar refractivity (Wildman–Crippen MR) is 89.6 cm³/mol. The maximum Gasteiger partial charge on any atom is 0.336 e. The monoisotopic (exact) mass is 330 g/mol. The van der Waals surface area contributed by atoms with E-state index in [-0.39, 0.29) is 0 Å². The van der Waals surface area contributed by atoms with Crippen molar-refractivity contribution in [1.82, 2.24) is 0 Å². The largest absolute Gasteiger partial charge is 0.497 e. The molecule has 3 rings (SSSR count). The van der Waals surface area contributed by atoms with Crippen LogP contribution >= 0.6 is 11.6 Å². The Bertz CT molecular complexity index is 897. The molecule has 0 fully saturated rings. The summed E-state index contributed by atoms with van der Waals surface area (Å²) in [4.78, 5) is 11.5. The summed E-state index contributed by atoms with van der Waals surface area (Å²) in [5.41, 5.74) is 1.87. The molecule has 3 aromatic rings. The molecule has 0 amide bonds. The van der Waals surface area contributed by atoms with Crippen molar-refractivity contribution in [3.8, 4) is 11.5 Å². The third-order valence-electron chi connectivity index (χ3n) is 3.56. The zero-order valence-electron chi connectivity index (χ0n) is 12.8. The summed E-state index contributed by atoms with van der Waals surface area (Å²) < 4.78 is 16.1. The predicted octanol–water partition coefficient (Wildman–Crippen LogP) is 4.34. The van der Waals surface area contributed by atoms with E-state index < -0.39 is 5.63 Å². The second-order valence-corrected chi connectivity index (χ2v) is 5.57. The van der Waals surface area contributed by atoms with E-state index in [1.54, 1.807) is 19.2 Å². The Labute approximate surface area is 138 Å². The van der Waals surface area contributed by atoms with E-state index in [2.05, 4.69) is 0 Å². The van der Waals surface area contributed by atoms with Gasteiger partial charge < -0.3 is 13.9 Å². The molecule has 0 saturated heterocycles. The topological polar surface area (TPSA) is 48.7 Å². The normalized spacial score (nSPS) is 10.7. The standard InChI is InChI=1S/C18H15ClO4/c1-11-7-18(20)23-16-9-17(15(19)8-14(11)16)22-10-12-3-5-13(21-2)6-4-12/h3-9H,10H2,1-2H3. The van der Waals surface area contributed by atoms with Crippen molar-refractivity contribution in [2.75, 3.05) is 7.11 Å². The van der Waals surface area contributed by atoms with Gasteiger partial charge in [-0.1, -0.05) is 23.7 Å². The minimum Gasteiger partial charge on any atom is -0.497 e. The van der Waals surface area contributed by atoms with Crippen LogP contribution in [0.3, 0.4) is 0 Å². The number of halogens is 1. The average Bonchev–Trinajstić information content (AvgIpc) is 2.54. The molecule has 0 unspecified atom stereocenters. The number of ether oxygens (including phenoxy) is 2. The lowest BCUT2D eigenvalue weighted by Gasteiger charge is -2.10. The highest BCUT2D eigenvalue weighted by Crippen LogP contribution is 2.31. The summed E-state index contributed by atoms with van der Waals surface area (Å²) in [5.74, 6) is 1.26. The van der Waals surface area contributed by atoms with E-state index in [1.807, 2.05) is 31.2 Å². The maximum absolute atomic E-state index is 11.5. The fraction of sp³-hybridized carbons (Fsp3) is 0.167. The molecule has 23 heavy (non-hydrogen) atoms. The molecule has 1 aromatic heterocycles. The van der Waals surface area contributed by atoms with Gasteiger partial charge >= 0.3 is 5.63 Å². The van der Waals surface area contributed by atoms with Gasteiger partial charge in [-0.25, -0.2) is 4.79 Å². The van der Waals surface area contributed by atoms with Crippen LogP contribution in [-0.2, 0) is 6.61 Å². The van der Waals surface area contributed by atoms with Crippen LogP contribution in [0.2, 0.25) is 5.02 Å². The van der Waals surface area contributed by atoms with Gasteiger partial charge in [0, 0.05) is 17.5 Å². The van der Waals surface area contributed by atoms with Crippen LogP contribution in [0.25, 0.3) is 11.0 Å². The zero-order valence-corrected chi connectivity index (χ0v) is 13.5. The lowest BCUT2D eigenvalue weighted by molar-refractivity contribution is 0.306. The van der Waals surface area contributed by atoms with Crippen LogP contribution in [0, 0.1) is 6.92 Å². The first-order chi connectivity index (χ1) is 11.1. The second-order valence-electron chi connectivity index (χ2n) is 5.16. The third-order valence-corrected chi connectivity index (χ3v) is 3.85. The molecular formula is C18H15ClO4. The van der Waals surface area contributed by atoms with Crippen molar-refractivity contribution in [2.45, 2.75) is 13.5 Å². The van der Waals surface area contributed by atoms with E-state index >= 15 is 0 Å². The first-order valence-corrected chi connectivity index (χ1v) is 7.44. The van der Waals surface area contributed by atoms with Gasteiger partial charge in [-0.3, -0.25) is 0 Å². The number of hydrogen-bond acceptors (Lipinski definition) is 4. The van der Waals surface area contributed by atoms with E-state index in [0.29, 0.717) is 23.0 Å². The lowest BCUT2D eigenvalue weighted by Crippen LogP contribution is -2.00. The van der Waals surface area contributed by atoms with Gasteiger partial charge in [0.25, 0.3) is 0 Å². The first kappa shape index (κ1) is 15.4. The van der Waals surface area contributed by atoms with Crippen molar-refractivity contribution in [3.63, 3.8) is 0 Å². The first-order valence-electron chi connectivity index (χ1n) is 7.06. The number of benzene rings is 2. The molecule has 0 atom stereocenters. The van der Waals surface area contributed by atoms with E-state index in [9.17, 15) is 4.79 Å². The van der Waals surface area contributed by atoms with Crippen LogP contribution in [0.5, 0.6) is 11.5 Å². The Kier molecular flexibility index (Phi) is 4.26. The molecule has 5 heteroatoms. The number of methoxy groups -OCH3 is 1. The fourth-order valence-electron chi connectivity index (χ4n) is 2.31. The summed E-state index contributed by atoms with van der Waals surface area (Å²) in [6, 6.07) is 12.4. The molecule has 0 aliphatic heterocycles. The Balaban J connectivity index is 1.87. The summed E-state index contributed by atoms with van der Waals surface area (Å²) in [6.07, 6.45) is 0. The van der Waals surface area contributed by atoms with Crippen molar-refractivity contribution in [1.29, 1.82) is 0 Å². The molecule has 0 saturated carbocycles. The van der Waals surface area contributed by atoms with E-state index in [1.165, 1.54) is 6.07 Å². The zero-order chi connectivity index (χ0) is 16.4. The number of aryl methyl sites for hydroxylation is 1. The van der Waals surface area contributed by atoms with Gasteiger partial charge in [0.05, 0.1) is 12.1 Å². The summed E-state index contributed by atoms with van der Waals surface area (Å²) in [6.45, 7) is 2.19. The van der Waals surface area contributed by atoms with E-state index in [4.69, 9.17) is 25.5 Å². The van der Waals surface area contributed by atoms with Crippen LogP contribution < -0.4 is 15.1 Å². The van der Waals surface area contributed by atoms with Gasteiger partial charge in [0.15, 0.2) is 0 Å². The van der Waals surface area contributed by atoms with Crippen molar-refractivity contribution in [3.05, 3.63) is 69.0 Å². The Morgan fingerprint density at radius 1 is 1.13 bits per heavy atom. The SMILES string of the molecule is COc1ccc(COc2cc3oc(=O)cc(C)c3cc2Cl)cc1. The van der Waals surface area contributed by atoms with Gasteiger partial charge in [0.2, 0.25) is 0 Å². The van der Waals surface area contributed by atoms with Gasteiger partial charge in [-0.2, -0.15) is 0 Å². The van der Waals surface area contributed by atoms with Crippen LogP contribution in [-0.4, -0.2) is 7.11 Å². The van der Waals surface area contributed by atoms with Gasteiger partial charge in [-0.15, -0.1) is 0 Å². The minimum atomic E-state index is -0.390. The highest BCUT2D eigenvalue weighted by molar-refractivity contribution is 6.32. The lowest BCUT2D eigenvalue weighted by atomic mass is 10.1. The summed E-state index contributed by atoms with van der Waals surface area (Å²) in [5, 5.41) is 1.27. The number of rotatable bonds is 4. The van der Waals surface area contributed by atoms with Crippen molar-refractivity contribution >= 4 is 22.6 Å². The van der Waals surface area contributed by atoms with Crippen molar-refractivity contribution < 1.29 is 13.9 Å². The molecule has 4 nitrogen and oxygen atoms in total. The molecule has 1 heterocycles. The quantitative estimate of drug-likeness (QED) is 0.668. The molecule has 0 aliphatic carbocycles. The number of hydrogen-bond donors (Lipinski definition) is 0. The highest BCUT2D eigenvalue weighted by atomic mass is 35.5. The molecule has 0 radical (unpaired) electrons. The third kappa shape index (κ3) is 3.32. The molecule has 0 spiro atoms. The minimum absolute atomic E-state index is 0.352. The Hall–Kier alpha value is -2.46. The molecule has 0 aliphatic rings. The number of fused-ring (bicyclic) bond motifs is 1. The van der Waals surface area contributed by atoms with Crippen LogP contribution in [0.1, 0.15) is 11.1 Å². The molecule has 0 N–H and O–H groups in total. The smallest absolute Gasteiger partial charge is 0.336 e. The van der Waals surface area contributed by atoms with Crippen LogP contribution in [0.15, 0.2) is 51.7 Å². The molecule has 118 valence electrons. The highest BCUT2D eigenvalue weighted by Gasteiger charge is 2.09. The van der Waals surface area contributed by atoms with Crippen LogP contribution in [0.4, 0.5) is 0 Å². The molecular weight excluding hydrogens is 316 g/mol. The van der Waals surface area contributed by atoms with E-state index in [0.717, 1.165) is 22.3 Å². The Morgan fingerprint density at radius 2 is 1.87 bits per heavy atom. The van der Waals surface area contributed by atoms with Gasteiger partial charge in [0.1, 0.15) is 23.7 Å². The Morgan fingerprint density at radius 3 is 2.57 bits per heavy atom.